The molecule has 1 saturated heterocycles. The molecule has 0 radical (unpaired) electrons. The van der Waals surface area contributed by atoms with Crippen LogP contribution >= 0.6 is 0 Å². The number of hydrogen-bond acceptors (Lipinski definition) is 2. The van der Waals surface area contributed by atoms with Crippen LogP contribution in [-0.2, 0) is 0 Å². The monoisotopic (exact) mass is 243 g/mol. The average molecular weight is 243 g/mol. The maximum Gasteiger partial charge on any atom is 0.0960 e. The van der Waals surface area contributed by atoms with E-state index in [-0.39, 0.29) is 0 Å². The van der Waals surface area contributed by atoms with Gasteiger partial charge < -0.3 is 9.88 Å². The van der Waals surface area contributed by atoms with Gasteiger partial charge in [-0.3, -0.25) is 0 Å². The zero-order chi connectivity index (χ0) is 12.7. The number of fused-ring (bicyclic) bond motifs is 1. The Balaban J connectivity index is 2.04. The molecule has 1 aliphatic rings. The van der Waals surface area contributed by atoms with Gasteiger partial charge in [0.05, 0.1) is 17.4 Å². The number of benzene rings is 1. The van der Waals surface area contributed by atoms with Gasteiger partial charge in [-0.25, -0.2) is 4.98 Å². The van der Waals surface area contributed by atoms with Crippen molar-refractivity contribution in [2.45, 2.75) is 45.7 Å². The van der Waals surface area contributed by atoms with Crippen LogP contribution in [0.5, 0.6) is 0 Å². The smallest absolute Gasteiger partial charge is 0.0960 e. The highest BCUT2D eigenvalue weighted by Gasteiger charge is 2.21. The maximum absolute atomic E-state index is 4.56. The predicted molar refractivity (Wildman–Crippen MR) is 74.9 cm³/mol. The fourth-order valence-electron chi connectivity index (χ4n) is 2.93. The molecule has 1 aliphatic heterocycles. The van der Waals surface area contributed by atoms with E-state index < -0.39 is 0 Å². The second-order valence-corrected chi connectivity index (χ2v) is 5.61. The molecule has 0 spiro atoms. The van der Waals surface area contributed by atoms with Crippen molar-refractivity contribution in [2.24, 2.45) is 0 Å². The minimum atomic E-state index is 0.591. The van der Waals surface area contributed by atoms with Gasteiger partial charge in [-0.05, 0) is 63.4 Å². The molecule has 2 unspecified atom stereocenters. The summed E-state index contributed by atoms with van der Waals surface area (Å²) in [4.78, 5) is 4.56. The van der Waals surface area contributed by atoms with Gasteiger partial charge in [0.25, 0.3) is 0 Å². The van der Waals surface area contributed by atoms with E-state index >= 15 is 0 Å². The number of aromatic nitrogens is 2. The van der Waals surface area contributed by atoms with Crippen LogP contribution in [0.3, 0.4) is 0 Å². The third kappa shape index (κ3) is 1.93. The molecule has 3 heteroatoms. The second-order valence-electron chi connectivity index (χ2n) is 5.61. The molecule has 1 aromatic heterocycles. The largest absolute Gasteiger partial charge is 0.327 e. The lowest BCUT2D eigenvalue weighted by Gasteiger charge is -2.29. The van der Waals surface area contributed by atoms with Crippen molar-refractivity contribution in [3.05, 3.63) is 29.6 Å². The number of nitrogens with one attached hydrogen (secondary N) is 1. The van der Waals surface area contributed by atoms with Gasteiger partial charge in [0, 0.05) is 12.1 Å². The molecule has 0 bridgehead atoms. The summed E-state index contributed by atoms with van der Waals surface area (Å²) in [5.41, 5.74) is 5.10. The lowest BCUT2D eigenvalue weighted by atomic mass is 10.00. The van der Waals surface area contributed by atoms with Gasteiger partial charge in [0.15, 0.2) is 0 Å². The molecule has 0 aliphatic carbocycles. The quantitative estimate of drug-likeness (QED) is 0.834. The van der Waals surface area contributed by atoms with Crippen LogP contribution in [0.15, 0.2) is 18.5 Å². The summed E-state index contributed by atoms with van der Waals surface area (Å²) in [7, 11) is 0. The topological polar surface area (TPSA) is 29.9 Å². The molecule has 96 valence electrons. The van der Waals surface area contributed by atoms with E-state index in [1.807, 2.05) is 6.33 Å². The average Bonchev–Trinajstić information content (AvgIpc) is 2.73. The summed E-state index contributed by atoms with van der Waals surface area (Å²) in [6.45, 7) is 7.70. The molecule has 1 N–H and O–H groups in total. The first-order valence-corrected chi connectivity index (χ1v) is 6.82. The van der Waals surface area contributed by atoms with E-state index in [1.165, 1.54) is 29.5 Å². The summed E-state index contributed by atoms with van der Waals surface area (Å²) in [5, 5.41) is 3.51. The fourth-order valence-corrected chi connectivity index (χ4v) is 2.93. The Morgan fingerprint density at radius 2 is 2.06 bits per heavy atom. The molecule has 1 aromatic carbocycles. The van der Waals surface area contributed by atoms with Gasteiger partial charge in [-0.1, -0.05) is 0 Å². The molecule has 18 heavy (non-hydrogen) atoms. The summed E-state index contributed by atoms with van der Waals surface area (Å²) in [6, 6.07) is 5.68. The highest BCUT2D eigenvalue weighted by molar-refractivity contribution is 5.77. The Labute approximate surface area is 108 Å². The van der Waals surface area contributed by atoms with E-state index in [0.717, 1.165) is 12.1 Å². The van der Waals surface area contributed by atoms with Crippen LogP contribution in [0, 0.1) is 13.8 Å². The summed E-state index contributed by atoms with van der Waals surface area (Å²) >= 11 is 0. The third-order valence-electron chi connectivity index (χ3n) is 4.18. The van der Waals surface area contributed by atoms with Crippen molar-refractivity contribution in [2.75, 3.05) is 6.54 Å². The number of piperidine rings is 1. The lowest BCUT2D eigenvalue weighted by molar-refractivity contribution is 0.318. The Morgan fingerprint density at radius 1 is 1.28 bits per heavy atom. The van der Waals surface area contributed by atoms with Gasteiger partial charge in [0.2, 0.25) is 0 Å². The fraction of sp³-hybridized carbons (Fsp3) is 0.533. The first kappa shape index (κ1) is 11.7. The first-order valence-electron chi connectivity index (χ1n) is 6.82. The van der Waals surface area contributed by atoms with Crippen LogP contribution in [0.4, 0.5) is 0 Å². The normalized spacial score (nSPS) is 24.6. The van der Waals surface area contributed by atoms with Crippen molar-refractivity contribution in [1.82, 2.24) is 14.9 Å². The number of nitrogens with zero attached hydrogens (tertiary/aromatic N) is 2. The van der Waals surface area contributed by atoms with Crippen molar-refractivity contribution >= 4 is 11.0 Å². The number of imidazole rings is 1. The van der Waals surface area contributed by atoms with E-state index in [9.17, 15) is 0 Å². The molecule has 2 aromatic rings. The Hall–Kier alpha value is -1.35. The molecule has 0 saturated carbocycles. The van der Waals surface area contributed by atoms with Crippen molar-refractivity contribution in [3.8, 4) is 0 Å². The minimum Gasteiger partial charge on any atom is -0.327 e. The Morgan fingerprint density at radius 3 is 2.83 bits per heavy atom. The molecule has 0 amide bonds. The first-order chi connectivity index (χ1) is 8.65. The molecule has 3 nitrogen and oxygen atoms in total. The Kier molecular flexibility index (Phi) is 2.86. The zero-order valence-corrected chi connectivity index (χ0v) is 11.4. The summed E-state index contributed by atoms with van der Waals surface area (Å²) in [5.74, 6) is 0. The van der Waals surface area contributed by atoms with Gasteiger partial charge in [-0.15, -0.1) is 0 Å². The van der Waals surface area contributed by atoms with Crippen LogP contribution in [-0.4, -0.2) is 22.1 Å². The van der Waals surface area contributed by atoms with Gasteiger partial charge >= 0.3 is 0 Å². The SMILES string of the molecule is Cc1cc2ncn(C3CCNC(C)C3)c2cc1C. The van der Waals surface area contributed by atoms with E-state index in [1.54, 1.807) is 0 Å². The third-order valence-corrected chi connectivity index (χ3v) is 4.18. The van der Waals surface area contributed by atoms with Crippen LogP contribution < -0.4 is 5.32 Å². The van der Waals surface area contributed by atoms with Gasteiger partial charge in [-0.2, -0.15) is 0 Å². The Bertz CT molecular complexity index is 570. The van der Waals surface area contributed by atoms with E-state index in [0.29, 0.717) is 12.1 Å². The standard InChI is InChI=1S/C15H21N3/c1-10-6-14-15(7-11(10)2)18(9-17-14)13-4-5-16-12(3)8-13/h6-7,9,12-13,16H,4-5,8H2,1-3H3. The molecule has 2 atom stereocenters. The molecule has 3 rings (SSSR count). The molecule has 2 heterocycles. The molecular formula is C15H21N3. The van der Waals surface area contributed by atoms with Crippen molar-refractivity contribution in [3.63, 3.8) is 0 Å². The number of rotatable bonds is 1. The highest BCUT2D eigenvalue weighted by Crippen LogP contribution is 2.27. The van der Waals surface area contributed by atoms with Crippen molar-refractivity contribution < 1.29 is 0 Å². The van der Waals surface area contributed by atoms with Crippen LogP contribution in [0.2, 0.25) is 0 Å². The van der Waals surface area contributed by atoms with Crippen molar-refractivity contribution in [1.29, 1.82) is 0 Å². The molecular weight excluding hydrogens is 222 g/mol. The summed E-state index contributed by atoms with van der Waals surface area (Å²) in [6.07, 6.45) is 4.41. The summed E-state index contributed by atoms with van der Waals surface area (Å²) < 4.78 is 2.37. The maximum atomic E-state index is 4.56. The highest BCUT2D eigenvalue weighted by atomic mass is 15.1. The lowest BCUT2D eigenvalue weighted by Crippen LogP contribution is -2.36. The predicted octanol–water partition coefficient (Wildman–Crippen LogP) is 2.97. The second kappa shape index (κ2) is 4.39. The zero-order valence-electron chi connectivity index (χ0n) is 11.4. The van der Waals surface area contributed by atoms with Gasteiger partial charge in [0.1, 0.15) is 0 Å². The molecule has 1 fully saturated rings. The van der Waals surface area contributed by atoms with Crippen LogP contribution in [0.25, 0.3) is 11.0 Å². The van der Waals surface area contributed by atoms with E-state index in [2.05, 4.69) is 47.8 Å². The van der Waals surface area contributed by atoms with Crippen LogP contribution in [0.1, 0.15) is 36.9 Å². The number of hydrogen-bond donors (Lipinski definition) is 1. The minimum absolute atomic E-state index is 0.591. The number of aryl methyl sites for hydroxylation is 2. The van der Waals surface area contributed by atoms with E-state index in [4.69, 9.17) is 0 Å².